The fourth-order valence-corrected chi connectivity index (χ4v) is 2.63. The topological polar surface area (TPSA) is 49.3 Å². The van der Waals surface area contributed by atoms with Gasteiger partial charge in [0, 0.05) is 11.6 Å². The highest BCUT2D eigenvalue weighted by molar-refractivity contribution is 5.89. The van der Waals surface area contributed by atoms with Gasteiger partial charge in [-0.15, -0.1) is 0 Å². The van der Waals surface area contributed by atoms with E-state index in [9.17, 15) is 13.6 Å². The lowest BCUT2D eigenvalue weighted by atomic mass is 9.63. The van der Waals surface area contributed by atoms with Crippen molar-refractivity contribution < 1.29 is 18.7 Å². The van der Waals surface area contributed by atoms with Crippen molar-refractivity contribution in [3.8, 4) is 0 Å². The molecule has 0 spiro atoms. The standard InChI is InChI=1S/C15H19F2NO2/c1-2-11(9-19)18-14(20)15(6-3-7-15)12-5-4-10(16)8-13(12)17/h4-5,8,11,19H,2-3,6-7,9H2,1H3,(H,18,20)/t11-/m0/s1. The maximum Gasteiger partial charge on any atom is 0.231 e. The summed E-state index contributed by atoms with van der Waals surface area (Å²) < 4.78 is 27.0. The third kappa shape index (κ3) is 2.54. The minimum absolute atomic E-state index is 0.149. The van der Waals surface area contributed by atoms with Crippen molar-refractivity contribution in [3.63, 3.8) is 0 Å². The van der Waals surface area contributed by atoms with E-state index in [-0.39, 0.29) is 24.1 Å². The number of aliphatic hydroxyl groups is 1. The first-order chi connectivity index (χ1) is 9.53. The quantitative estimate of drug-likeness (QED) is 0.871. The number of carbonyl (C=O) groups excluding carboxylic acids is 1. The SMILES string of the molecule is CC[C@@H](CO)NC(=O)C1(c2ccc(F)cc2F)CCC1. The van der Waals surface area contributed by atoms with Gasteiger partial charge in [-0.1, -0.05) is 19.4 Å². The molecule has 0 aromatic heterocycles. The molecular weight excluding hydrogens is 264 g/mol. The molecule has 1 aliphatic rings. The lowest BCUT2D eigenvalue weighted by Crippen LogP contribution is -2.53. The summed E-state index contributed by atoms with van der Waals surface area (Å²) in [5, 5.41) is 11.9. The Morgan fingerprint density at radius 2 is 2.15 bits per heavy atom. The van der Waals surface area contributed by atoms with Crippen LogP contribution < -0.4 is 5.32 Å². The number of halogens is 2. The molecule has 1 aromatic carbocycles. The molecule has 1 saturated carbocycles. The highest BCUT2D eigenvalue weighted by atomic mass is 19.1. The summed E-state index contributed by atoms with van der Waals surface area (Å²) in [6, 6.07) is 3.01. The minimum Gasteiger partial charge on any atom is -0.394 e. The Morgan fingerprint density at radius 1 is 1.45 bits per heavy atom. The van der Waals surface area contributed by atoms with Crippen LogP contribution in [-0.2, 0) is 10.2 Å². The van der Waals surface area contributed by atoms with Crippen molar-refractivity contribution in [2.75, 3.05) is 6.61 Å². The van der Waals surface area contributed by atoms with Crippen LogP contribution >= 0.6 is 0 Å². The second kappa shape index (κ2) is 5.87. The van der Waals surface area contributed by atoms with E-state index in [0.717, 1.165) is 12.5 Å². The van der Waals surface area contributed by atoms with Crippen molar-refractivity contribution in [1.82, 2.24) is 5.32 Å². The lowest BCUT2D eigenvalue weighted by molar-refractivity contribution is -0.131. The first-order valence-electron chi connectivity index (χ1n) is 6.91. The highest BCUT2D eigenvalue weighted by Crippen LogP contribution is 2.45. The van der Waals surface area contributed by atoms with Gasteiger partial charge in [-0.05, 0) is 25.3 Å². The van der Waals surface area contributed by atoms with Gasteiger partial charge < -0.3 is 10.4 Å². The van der Waals surface area contributed by atoms with Crippen LogP contribution in [0.1, 0.15) is 38.2 Å². The number of carbonyl (C=O) groups is 1. The van der Waals surface area contributed by atoms with Crippen LogP contribution in [-0.4, -0.2) is 23.7 Å². The summed E-state index contributed by atoms with van der Waals surface area (Å²) in [5.74, 6) is -1.62. The van der Waals surface area contributed by atoms with E-state index in [4.69, 9.17) is 5.11 Å². The van der Waals surface area contributed by atoms with Gasteiger partial charge in [0.2, 0.25) is 5.91 Å². The largest absolute Gasteiger partial charge is 0.394 e. The van der Waals surface area contributed by atoms with Crippen molar-refractivity contribution in [2.45, 2.75) is 44.1 Å². The molecule has 0 aliphatic heterocycles. The molecular formula is C15H19F2NO2. The maximum atomic E-state index is 14.0. The molecule has 3 nitrogen and oxygen atoms in total. The number of hydrogen-bond donors (Lipinski definition) is 2. The summed E-state index contributed by atoms with van der Waals surface area (Å²) in [5.41, 5.74) is -0.671. The summed E-state index contributed by atoms with van der Waals surface area (Å²) in [4.78, 5) is 12.4. The van der Waals surface area contributed by atoms with Crippen molar-refractivity contribution >= 4 is 5.91 Å². The molecule has 0 radical (unpaired) electrons. The van der Waals surface area contributed by atoms with Crippen molar-refractivity contribution in [2.24, 2.45) is 0 Å². The molecule has 110 valence electrons. The van der Waals surface area contributed by atoms with E-state index in [1.807, 2.05) is 6.92 Å². The molecule has 1 amide bonds. The summed E-state index contributed by atoms with van der Waals surface area (Å²) in [7, 11) is 0. The molecule has 0 unspecified atom stereocenters. The smallest absolute Gasteiger partial charge is 0.231 e. The van der Waals surface area contributed by atoms with Gasteiger partial charge in [0.15, 0.2) is 0 Å². The summed E-state index contributed by atoms with van der Waals surface area (Å²) >= 11 is 0. The predicted octanol–water partition coefficient (Wildman–Crippen LogP) is 2.27. The van der Waals surface area contributed by atoms with Gasteiger partial charge in [0.1, 0.15) is 11.6 Å². The molecule has 0 bridgehead atoms. The number of hydrogen-bond acceptors (Lipinski definition) is 2. The average molecular weight is 283 g/mol. The molecule has 1 aromatic rings. The Hall–Kier alpha value is -1.49. The van der Waals surface area contributed by atoms with E-state index >= 15 is 0 Å². The number of aliphatic hydroxyl groups excluding tert-OH is 1. The molecule has 2 rings (SSSR count). The van der Waals surface area contributed by atoms with Gasteiger partial charge >= 0.3 is 0 Å². The van der Waals surface area contributed by atoms with E-state index in [2.05, 4.69) is 5.32 Å². The monoisotopic (exact) mass is 283 g/mol. The maximum absolute atomic E-state index is 14.0. The Kier molecular flexibility index (Phi) is 4.38. The average Bonchev–Trinajstić information content (AvgIpc) is 2.37. The van der Waals surface area contributed by atoms with E-state index < -0.39 is 17.0 Å². The van der Waals surface area contributed by atoms with E-state index in [0.29, 0.717) is 19.3 Å². The first-order valence-corrected chi connectivity index (χ1v) is 6.91. The Bertz CT molecular complexity index is 497. The molecule has 0 heterocycles. The molecule has 20 heavy (non-hydrogen) atoms. The van der Waals surface area contributed by atoms with E-state index in [1.165, 1.54) is 12.1 Å². The number of benzene rings is 1. The predicted molar refractivity (Wildman–Crippen MR) is 71.2 cm³/mol. The zero-order valence-corrected chi connectivity index (χ0v) is 11.5. The fourth-order valence-electron chi connectivity index (χ4n) is 2.63. The zero-order valence-electron chi connectivity index (χ0n) is 11.5. The van der Waals surface area contributed by atoms with Gasteiger partial charge in [0.25, 0.3) is 0 Å². The van der Waals surface area contributed by atoms with Gasteiger partial charge in [-0.25, -0.2) is 8.78 Å². The third-order valence-electron chi connectivity index (χ3n) is 4.14. The Labute approximate surface area is 117 Å². The van der Waals surface area contributed by atoms with Crippen LogP contribution in [0.3, 0.4) is 0 Å². The lowest BCUT2D eigenvalue weighted by Gasteiger charge is -2.41. The Morgan fingerprint density at radius 3 is 2.60 bits per heavy atom. The van der Waals surface area contributed by atoms with Crippen LogP contribution in [0.25, 0.3) is 0 Å². The third-order valence-corrected chi connectivity index (χ3v) is 4.14. The van der Waals surface area contributed by atoms with Gasteiger partial charge in [0.05, 0.1) is 18.1 Å². The van der Waals surface area contributed by atoms with Crippen molar-refractivity contribution in [3.05, 3.63) is 35.4 Å². The number of rotatable bonds is 5. The van der Waals surface area contributed by atoms with Gasteiger partial charge in [-0.3, -0.25) is 4.79 Å². The summed E-state index contributed by atoms with van der Waals surface area (Å²) in [6.07, 6.45) is 2.52. The molecule has 5 heteroatoms. The molecule has 1 aliphatic carbocycles. The molecule has 2 N–H and O–H groups in total. The molecule has 1 fully saturated rings. The van der Waals surface area contributed by atoms with Crippen LogP contribution in [0, 0.1) is 11.6 Å². The van der Waals surface area contributed by atoms with Crippen LogP contribution in [0.15, 0.2) is 18.2 Å². The van der Waals surface area contributed by atoms with Crippen LogP contribution in [0.5, 0.6) is 0 Å². The van der Waals surface area contributed by atoms with Crippen molar-refractivity contribution in [1.29, 1.82) is 0 Å². The molecule has 0 saturated heterocycles. The van der Waals surface area contributed by atoms with E-state index in [1.54, 1.807) is 0 Å². The summed E-state index contributed by atoms with van der Waals surface area (Å²) in [6.45, 7) is 1.71. The van der Waals surface area contributed by atoms with Crippen LogP contribution in [0.4, 0.5) is 8.78 Å². The van der Waals surface area contributed by atoms with Crippen LogP contribution in [0.2, 0.25) is 0 Å². The molecule has 1 atom stereocenters. The zero-order chi connectivity index (χ0) is 14.8. The number of nitrogens with one attached hydrogen (secondary N) is 1. The highest BCUT2D eigenvalue weighted by Gasteiger charge is 2.47. The number of amides is 1. The second-order valence-electron chi connectivity index (χ2n) is 5.32. The normalized spacial score (nSPS) is 18.2. The Balaban J connectivity index is 2.27. The second-order valence-corrected chi connectivity index (χ2v) is 5.32. The van der Waals surface area contributed by atoms with Gasteiger partial charge in [-0.2, -0.15) is 0 Å². The minimum atomic E-state index is -0.916. The first kappa shape index (κ1) is 14.9. The fraction of sp³-hybridized carbons (Fsp3) is 0.533.